The predicted molar refractivity (Wildman–Crippen MR) is 233 cm³/mol. The van der Waals surface area contributed by atoms with Crippen LogP contribution in [0.1, 0.15) is 11.1 Å². The average Bonchev–Trinajstić information content (AvgIpc) is 3.95. The predicted octanol–water partition coefficient (Wildman–Crippen LogP) is 12.6. The molecule has 0 atom stereocenters. The van der Waals surface area contributed by atoms with Crippen LogP contribution < -0.4 is 0 Å². The van der Waals surface area contributed by atoms with Crippen LogP contribution in [0.3, 0.4) is 0 Å². The molecule has 0 radical (unpaired) electrons. The number of para-hydroxylation sites is 3. The Morgan fingerprint density at radius 3 is 1.18 bits per heavy atom. The van der Waals surface area contributed by atoms with Crippen LogP contribution in [0, 0.1) is 0 Å². The van der Waals surface area contributed by atoms with Crippen molar-refractivity contribution in [2.75, 3.05) is 0 Å². The summed E-state index contributed by atoms with van der Waals surface area (Å²) in [5.74, 6) is 1.96. The fourth-order valence-electron chi connectivity index (χ4n) is 9.14. The minimum atomic E-state index is 0.645. The summed E-state index contributed by atoms with van der Waals surface area (Å²) in [5, 5.41) is 5.23. The highest BCUT2D eigenvalue weighted by Gasteiger charge is 2.28. The van der Waals surface area contributed by atoms with E-state index in [1.165, 1.54) is 71.6 Å². The molecule has 5 heteroatoms. The van der Waals surface area contributed by atoms with E-state index in [4.69, 9.17) is 15.0 Å². The van der Waals surface area contributed by atoms with E-state index in [2.05, 4.69) is 137 Å². The summed E-state index contributed by atoms with van der Waals surface area (Å²) in [6.45, 7) is 0. The zero-order valence-corrected chi connectivity index (χ0v) is 30.8. The number of aromatic nitrogens is 5. The lowest BCUT2D eigenvalue weighted by molar-refractivity contribution is 1.07. The minimum Gasteiger partial charge on any atom is -0.309 e. The summed E-state index contributed by atoms with van der Waals surface area (Å²) in [7, 11) is 0. The van der Waals surface area contributed by atoms with E-state index in [0.29, 0.717) is 17.5 Å². The van der Waals surface area contributed by atoms with Crippen LogP contribution in [0.15, 0.2) is 188 Å². The fraction of sp³-hybridized carbons (Fsp3) is 0.0192. The first-order valence-electron chi connectivity index (χ1n) is 19.4. The van der Waals surface area contributed by atoms with Gasteiger partial charge < -0.3 is 9.13 Å². The third kappa shape index (κ3) is 4.85. The molecule has 3 aromatic heterocycles. The molecule has 0 fully saturated rings. The minimum absolute atomic E-state index is 0.645. The molecule has 3 heterocycles. The Balaban J connectivity index is 0.998. The molecule has 5 nitrogen and oxygen atoms in total. The second-order valence-electron chi connectivity index (χ2n) is 14.8. The number of hydrogen-bond acceptors (Lipinski definition) is 3. The highest BCUT2D eigenvalue weighted by Crippen LogP contribution is 2.48. The van der Waals surface area contributed by atoms with Gasteiger partial charge >= 0.3 is 0 Å². The Morgan fingerprint density at radius 2 is 0.702 bits per heavy atom. The van der Waals surface area contributed by atoms with E-state index < -0.39 is 0 Å². The molecule has 0 amide bonds. The zero-order chi connectivity index (χ0) is 37.5. The molecule has 0 unspecified atom stereocenters. The summed E-state index contributed by atoms with van der Waals surface area (Å²) in [5.41, 5.74) is 15.5. The van der Waals surface area contributed by atoms with Crippen LogP contribution in [0.4, 0.5) is 0 Å². The van der Waals surface area contributed by atoms with Gasteiger partial charge in [0, 0.05) is 56.0 Å². The lowest BCUT2D eigenvalue weighted by Crippen LogP contribution is -2.00. The molecule has 0 saturated heterocycles. The molecular weight excluding hydrogens is 695 g/mol. The van der Waals surface area contributed by atoms with E-state index in [0.717, 1.165) is 28.8 Å². The third-order valence-corrected chi connectivity index (χ3v) is 11.6. The van der Waals surface area contributed by atoms with E-state index in [9.17, 15) is 0 Å². The van der Waals surface area contributed by atoms with Gasteiger partial charge in [-0.1, -0.05) is 127 Å². The summed E-state index contributed by atoms with van der Waals surface area (Å²) >= 11 is 0. The Morgan fingerprint density at radius 1 is 0.316 bits per heavy atom. The second kappa shape index (κ2) is 12.4. The average molecular weight is 728 g/mol. The number of benzene rings is 8. The van der Waals surface area contributed by atoms with Crippen molar-refractivity contribution < 1.29 is 0 Å². The molecule has 0 saturated carbocycles. The van der Waals surface area contributed by atoms with Gasteiger partial charge in [-0.15, -0.1) is 0 Å². The van der Waals surface area contributed by atoms with Crippen LogP contribution in [0.5, 0.6) is 0 Å². The Labute approximate surface area is 328 Å². The Hall–Kier alpha value is -7.63. The molecule has 0 aliphatic heterocycles. The first kappa shape index (κ1) is 31.7. The summed E-state index contributed by atoms with van der Waals surface area (Å²) in [6.07, 6.45) is 0.877. The maximum absolute atomic E-state index is 4.98. The Bertz CT molecular complexity index is 3290. The molecule has 0 bridgehead atoms. The fourth-order valence-corrected chi connectivity index (χ4v) is 9.14. The lowest BCUT2D eigenvalue weighted by Gasteiger charge is -2.11. The normalized spacial score (nSPS) is 12.1. The molecule has 8 aromatic carbocycles. The third-order valence-electron chi connectivity index (χ3n) is 11.6. The van der Waals surface area contributed by atoms with Crippen molar-refractivity contribution in [3.8, 4) is 56.7 Å². The van der Waals surface area contributed by atoms with Crippen molar-refractivity contribution in [1.82, 2.24) is 24.1 Å². The molecule has 11 aromatic rings. The molecule has 12 rings (SSSR count). The maximum atomic E-state index is 4.98. The topological polar surface area (TPSA) is 48.5 Å². The van der Waals surface area contributed by atoms with Gasteiger partial charge in [-0.3, -0.25) is 0 Å². The first-order valence-corrected chi connectivity index (χ1v) is 19.4. The largest absolute Gasteiger partial charge is 0.309 e. The molecule has 1 aliphatic rings. The molecule has 1 aliphatic carbocycles. The standard InChI is InChI=1S/C52H33N5/c1-4-14-33(15-5-1)50-53-51(34-16-6-2-7-17-34)55-52(54-50)35-24-26-37(27-25-35)57-45-23-13-11-21-41(45)49-43-32-42-38(39(43)29-31-47(49)57)28-30-46-48(42)40-20-10-12-22-44(40)56(46)36-18-8-3-9-19-36/h1-31H,32H2. The van der Waals surface area contributed by atoms with Crippen molar-refractivity contribution in [2.24, 2.45) is 0 Å². The van der Waals surface area contributed by atoms with Crippen molar-refractivity contribution in [3.63, 3.8) is 0 Å². The van der Waals surface area contributed by atoms with E-state index in [1.807, 2.05) is 60.7 Å². The van der Waals surface area contributed by atoms with Gasteiger partial charge in [-0.2, -0.15) is 0 Å². The molecule has 0 spiro atoms. The summed E-state index contributed by atoms with van der Waals surface area (Å²) in [4.78, 5) is 14.8. The van der Waals surface area contributed by atoms with Gasteiger partial charge in [0.2, 0.25) is 0 Å². The summed E-state index contributed by atoms with van der Waals surface area (Å²) in [6, 6.07) is 66.6. The van der Waals surface area contributed by atoms with Crippen molar-refractivity contribution in [1.29, 1.82) is 0 Å². The maximum Gasteiger partial charge on any atom is 0.164 e. The zero-order valence-electron chi connectivity index (χ0n) is 30.8. The van der Waals surface area contributed by atoms with Gasteiger partial charge in [0.1, 0.15) is 0 Å². The molecular formula is C52H33N5. The SMILES string of the molecule is c1ccc(-c2nc(-c3ccccc3)nc(-c3ccc(-n4c5ccccc5c5c6c(ccc54)-c4ccc5c(c4C6)c4ccccc4n5-c4ccccc4)cc3)n2)cc1. The van der Waals surface area contributed by atoms with E-state index in [-0.39, 0.29) is 0 Å². The highest BCUT2D eigenvalue weighted by atomic mass is 15.0. The quantitative estimate of drug-likeness (QED) is 0.177. The van der Waals surface area contributed by atoms with E-state index >= 15 is 0 Å². The first-order chi connectivity index (χ1) is 28.3. The smallest absolute Gasteiger partial charge is 0.164 e. The Kier molecular flexibility index (Phi) is 6.92. The van der Waals surface area contributed by atoms with Crippen LogP contribution in [0.25, 0.3) is 100 Å². The molecule has 0 N–H and O–H groups in total. The van der Waals surface area contributed by atoms with Crippen LogP contribution in [-0.4, -0.2) is 24.1 Å². The second-order valence-corrected chi connectivity index (χ2v) is 14.8. The van der Waals surface area contributed by atoms with E-state index in [1.54, 1.807) is 0 Å². The van der Waals surface area contributed by atoms with Gasteiger partial charge in [0.25, 0.3) is 0 Å². The van der Waals surface area contributed by atoms with Crippen molar-refractivity contribution in [3.05, 3.63) is 199 Å². The monoisotopic (exact) mass is 727 g/mol. The summed E-state index contributed by atoms with van der Waals surface area (Å²) < 4.78 is 4.83. The van der Waals surface area contributed by atoms with Crippen LogP contribution >= 0.6 is 0 Å². The number of fused-ring (bicyclic) bond motifs is 11. The van der Waals surface area contributed by atoms with Gasteiger partial charge in [-0.05, 0) is 82.9 Å². The van der Waals surface area contributed by atoms with Gasteiger partial charge in [-0.25, -0.2) is 15.0 Å². The van der Waals surface area contributed by atoms with Crippen molar-refractivity contribution in [2.45, 2.75) is 6.42 Å². The molecule has 57 heavy (non-hydrogen) atoms. The number of nitrogens with zero attached hydrogens (tertiary/aromatic N) is 5. The van der Waals surface area contributed by atoms with Gasteiger partial charge in [0.15, 0.2) is 17.5 Å². The van der Waals surface area contributed by atoms with Gasteiger partial charge in [0.05, 0.1) is 22.1 Å². The lowest BCUT2D eigenvalue weighted by atomic mass is 10.0. The number of hydrogen-bond donors (Lipinski definition) is 0. The van der Waals surface area contributed by atoms with Crippen LogP contribution in [-0.2, 0) is 6.42 Å². The number of rotatable bonds is 5. The molecule has 266 valence electrons. The highest BCUT2D eigenvalue weighted by molar-refractivity contribution is 6.17. The van der Waals surface area contributed by atoms with Crippen molar-refractivity contribution >= 4 is 43.6 Å². The van der Waals surface area contributed by atoms with Crippen LogP contribution in [0.2, 0.25) is 0 Å².